The number of likely N-dealkylation sites (tertiary alicyclic amines) is 1. The highest BCUT2D eigenvalue weighted by Crippen LogP contribution is 2.37. The van der Waals surface area contributed by atoms with Crippen LogP contribution in [0.5, 0.6) is 5.75 Å². The molecule has 5 rings (SSSR count). The zero-order valence-corrected chi connectivity index (χ0v) is 22.5. The van der Waals surface area contributed by atoms with Crippen LogP contribution < -0.4 is 10.1 Å². The number of benzene rings is 1. The largest absolute Gasteiger partial charge is 0.573 e. The van der Waals surface area contributed by atoms with E-state index >= 15 is 0 Å². The standard InChI is InChI=1S/C26H22F6N8O3/c1-13-19(22-39-38-21(42-22)17-7-10-33-23(36-17)25(27,28)29)20(35-14(2)34-13)15-8-11-40(12-9-15)24(41)37-16-5-3-4-6-18(16)43-26(30,31)32/h3-7,10,15H,8-9,11-12H2,1-2H3,(H,37,41). The van der Waals surface area contributed by atoms with Gasteiger partial charge >= 0.3 is 18.6 Å². The summed E-state index contributed by atoms with van der Waals surface area (Å²) in [4.78, 5) is 30.0. The predicted molar refractivity (Wildman–Crippen MR) is 137 cm³/mol. The molecule has 1 N–H and O–H groups in total. The van der Waals surface area contributed by atoms with Gasteiger partial charge in [-0.15, -0.1) is 23.4 Å². The van der Waals surface area contributed by atoms with Crippen LogP contribution in [0.25, 0.3) is 23.0 Å². The second-order valence-electron chi connectivity index (χ2n) is 9.53. The number of aryl methyl sites for hydroxylation is 2. The van der Waals surface area contributed by atoms with E-state index in [1.807, 2.05) is 0 Å². The summed E-state index contributed by atoms with van der Waals surface area (Å²) in [6.45, 7) is 3.89. The first-order valence-electron chi connectivity index (χ1n) is 12.8. The highest BCUT2D eigenvalue weighted by Gasteiger charge is 2.36. The number of carbonyl (C=O) groups is 1. The van der Waals surface area contributed by atoms with Crippen LogP contribution in [0.4, 0.5) is 36.8 Å². The Labute approximate surface area is 239 Å². The van der Waals surface area contributed by atoms with Crippen LogP contribution in [0.3, 0.4) is 0 Å². The Bertz CT molecular complexity index is 1630. The van der Waals surface area contributed by atoms with Gasteiger partial charge in [-0.05, 0) is 44.9 Å². The van der Waals surface area contributed by atoms with Gasteiger partial charge in [-0.1, -0.05) is 12.1 Å². The molecule has 1 aliphatic rings. The molecule has 0 radical (unpaired) electrons. The maximum absolute atomic E-state index is 13.1. The molecule has 17 heteroatoms. The fourth-order valence-corrected chi connectivity index (χ4v) is 4.67. The van der Waals surface area contributed by atoms with Crippen molar-refractivity contribution in [2.45, 2.75) is 45.1 Å². The lowest BCUT2D eigenvalue weighted by Gasteiger charge is -2.32. The quantitative estimate of drug-likeness (QED) is 0.274. The topological polar surface area (TPSA) is 132 Å². The molecule has 0 atom stereocenters. The van der Waals surface area contributed by atoms with Crippen LogP contribution in [0, 0.1) is 13.8 Å². The van der Waals surface area contributed by atoms with Crippen molar-refractivity contribution in [3.63, 3.8) is 0 Å². The number of nitrogens with one attached hydrogen (secondary N) is 1. The summed E-state index contributed by atoms with van der Waals surface area (Å²) < 4.78 is 87.2. The zero-order valence-electron chi connectivity index (χ0n) is 22.5. The molecule has 1 aromatic carbocycles. The van der Waals surface area contributed by atoms with Crippen LogP contribution in [0.1, 0.15) is 41.8 Å². The molecular weight excluding hydrogens is 586 g/mol. The Morgan fingerprint density at radius 2 is 1.67 bits per heavy atom. The Kier molecular flexibility index (Phi) is 7.90. The minimum Gasteiger partial charge on any atom is -0.414 e. The van der Waals surface area contributed by atoms with Crippen molar-refractivity contribution in [3.05, 3.63) is 59.6 Å². The number of hydrogen-bond donors (Lipinski definition) is 1. The minimum absolute atomic E-state index is 0.0175. The van der Waals surface area contributed by atoms with Crippen molar-refractivity contribution in [2.24, 2.45) is 0 Å². The Hall–Kier alpha value is -4.83. The second kappa shape index (κ2) is 11.4. The van der Waals surface area contributed by atoms with Gasteiger partial charge in [-0.25, -0.2) is 24.7 Å². The smallest absolute Gasteiger partial charge is 0.414 e. The van der Waals surface area contributed by atoms with E-state index in [1.165, 1.54) is 29.2 Å². The number of alkyl halides is 6. The number of rotatable bonds is 5. The van der Waals surface area contributed by atoms with E-state index in [2.05, 4.69) is 40.2 Å². The van der Waals surface area contributed by atoms with Gasteiger partial charge < -0.3 is 19.4 Å². The third kappa shape index (κ3) is 6.81. The molecule has 0 unspecified atom stereocenters. The number of ether oxygens (including phenoxy) is 1. The van der Waals surface area contributed by atoms with Crippen LogP contribution in [-0.4, -0.2) is 60.5 Å². The first kappa shape index (κ1) is 29.7. The molecule has 0 saturated carbocycles. The predicted octanol–water partition coefficient (Wildman–Crippen LogP) is 5.93. The average molecular weight is 609 g/mol. The third-order valence-electron chi connectivity index (χ3n) is 6.52. The molecule has 43 heavy (non-hydrogen) atoms. The molecule has 0 spiro atoms. The van der Waals surface area contributed by atoms with Gasteiger partial charge in [0, 0.05) is 25.2 Å². The summed E-state index contributed by atoms with van der Waals surface area (Å²) in [6.07, 6.45) is -7.89. The Balaban J connectivity index is 1.34. The van der Waals surface area contributed by atoms with Gasteiger partial charge in [0.1, 0.15) is 11.5 Å². The summed E-state index contributed by atoms with van der Waals surface area (Å²) in [7, 11) is 0. The molecule has 0 aliphatic carbocycles. The maximum atomic E-state index is 13.1. The van der Waals surface area contributed by atoms with Crippen LogP contribution in [0.2, 0.25) is 0 Å². The van der Waals surface area contributed by atoms with E-state index < -0.39 is 30.1 Å². The summed E-state index contributed by atoms with van der Waals surface area (Å²) in [5.74, 6) is -1.90. The zero-order chi connectivity index (χ0) is 30.9. The molecule has 226 valence electrons. The monoisotopic (exact) mass is 608 g/mol. The lowest BCUT2D eigenvalue weighted by molar-refractivity contribution is -0.274. The number of carbonyl (C=O) groups excluding carboxylic acids is 1. The van der Waals surface area contributed by atoms with Gasteiger partial charge in [0.05, 0.1) is 22.6 Å². The van der Waals surface area contributed by atoms with Crippen molar-refractivity contribution < 1.29 is 40.3 Å². The summed E-state index contributed by atoms with van der Waals surface area (Å²) >= 11 is 0. The average Bonchev–Trinajstić information content (AvgIpc) is 3.42. The first-order valence-corrected chi connectivity index (χ1v) is 12.8. The number of amides is 2. The van der Waals surface area contributed by atoms with Crippen molar-refractivity contribution in [1.82, 2.24) is 35.0 Å². The molecular formula is C26H22F6N8O3. The highest BCUT2D eigenvalue weighted by atomic mass is 19.4. The molecule has 1 aliphatic heterocycles. The number of anilines is 1. The first-order chi connectivity index (χ1) is 20.3. The Morgan fingerprint density at radius 1 is 0.977 bits per heavy atom. The number of para-hydroxylation sites is 2. The van der Waals surface area contributed by atoms with Crippen LogP contribution >= 0.6 is 0 Å². The number of hydrogen-bond acceptors (Lipinski definition) is 9. The fourth-order valence-electron chi connectivity index (χ4n) is 4.67. The van der Waals surface area contributed by atoms with E-state index in [0.717, 1.165) is 12.3 Å². The van der Waals surface area contributed by atoms with E-state index in [0.29, 0.717) is 35.6 Å². The normalized spacial score (nSPS) is 14.6. The number of nitrogens with zero attached hydrogens (tertiary/aromatic N) is 7. The number of aromatic nitrogens is 6. The van der Waals surface area contributed by atoms with E-state index in [1.54, 1.807) is 13.8 Å². The third-order valence-corrected chi connectivity index (χ3v) is 6.52. The van der Waals surface area contributed by atoms with Gasteiger partial charge in [0.2, 0.25) is 5.82 Å². The SMILES string of the molecule is Cc1nc(C)c(-c2nnc(-c3ccnc(C(F)(F)F)n3)o2)c(C2CCN(C(=O)Nc3ccccc3OC(F)(F)F)CC2)n1. The molecule has 4 heterocycles. The number of urea groups is 1. The van der Waals surface area contributed by atoms with Gasteiger partial charge in [-0.3, -0.25) is 0 Å². The van der Waals surface area contributed by atoms with Crippen molar-refractivity contribution in [3.8, 4) is 28.8 Å². The van der Waals surface area contributed by atoms with Gasteiger partial charge in [0.25, 0.3) is 11.8 Å². The maximum Gasteiger partial charge on any atom is 0.573 e. The minimum atomic E-state index is -4.93. The van der Waals surface area contributed by atoms with Crippen molar-refractivity contribution in [1.29, 1.82) is 0 Å². The van der Waals surface area contributed by atoms with E-state index in [9.17, 15) is 31.1 Å². The van der Waals surface area contributed by atoms with Crippen molar-refractivity contribution in [2.75, 3.05) is 18.4 Å². The fraction of sp³-hybridized carbons (Fsp3) is 0.346. The Morgan fingerprint density at radius 3 is 2.37 bits per heavy atom. The van der Waals surface area contributed by atoms with Gasteiger partial charge in [-0.2, -0.15) is 13.2 Å². The van der Waals surface area contributed by atoms with E-state index in [-0.39, 0.29) is 42.2 Å². The van der Waals surface area contributed by atoms with Gasteiger partial charge in [0.15, 0.2) is 5.75 Å². The molecule has 2 amide bonds. The number of halogens is 6. The molecule has 4 aromatic rings. The molecule has 1 saturated heterocycles. The summed E-state index contributed by atoms with van der Waals surface area (Å²) in [5, 5.41) is 10.4. The second-order valence-corrected chi connectivity index (χ2v) is 9.53. The number of piperidine rings is 1. The van der Waals surface area contributed by atoms with E-state index in [4.69, 9.17) is 4.42 Å². The lowest BCUT2D eigenvalue weighted by Crippen LogP contribution is -2.41. The lowest BCUT2D eigenvalue weighted by atomic mass is 9.90. The van der Waals surface area contributed by atoms with Crippen LogP contribution in [-0.2, 0) is 6.18 Å². The molecule has 1 fully saturated rings. The van der Waals surface area contributed by atoms with Crippen molar-refractivity contribution >= 4 is 11.7 Å². The summed E-state index contributed by atoms with van der Waals surface area (Å²) in [6, 6.07) is 5.83. The molecule has 3 aromatic heterocycles. The van der Waals surface area contributed by atoms with Crippen LogP contribution in [0.15, 0.2) is 40.9 Å². The summed E-state index contributed by atoms with van der Waals surface area (Å²) in [5.41, 5.74) is 1.13. The molecule has 11 nitrogen and oxygen atoms in total. The highest BCUT2D eigenvalue weighted by molar-refractivity contribution is 5.91. The molecule has 0 bridgehead atoms.